The van der Waals surface area contributed by atoms with Gasteiger partial charge in [-0.1, -0.05) is 0 Å². The van der Waals surface area contributed by atoms with Crippen LogP contribution in [-0.4, -0.2) is 17.3 Å². The molecule has 0 fully saturated rings. The van der Waals surface area contributed by atoms with Crippen molar-refractivity contribution in [2.45, 2.75) is 12.5 Å². The number of hydrogen-bond acceptors (Lipinski definition) is 5. The van der Waals surface area contributed by atoms with Crippen LogP contribution in [0.4, 0.5) is 42.8 Å². The number of halogens is 6. The van der Waals surface area contributed by atoms with Crippen LogP contribution in [0.25, 0.3) is 0 Å². The molecule has 0 aliphatic heterocycles. The Morgan fingerprint density at radius 1 is 0.900 bits per heavy atom. The first kappa shape index (κ1) is 21.4. The van der Waals surface area contributed by atoms with Gasteiger partial charge in [0.15, 0.2) is 5.13 Å². The summed E-state index contributed by atoms with van der Waals surface area (Å²) in [4.78, 5) is 16.2. The van der Waals surface area contributed by atoms with E-state index in [0.717, 1.165) is 47.7 Å². The van der Waals surface area contributed by atoms with Crippen molar-refractivity contribution in [1.82, 2.24) is 4.98 Å². The summed E-state index contributed by atoms with van der Waals surface area (Å²) in [5.74, 6) is -1.02. The van der Waals surface area contributed by atoms with Crippen LogP contribution in [0.2, 0.25) is 0 Å². The molecule has 0 aliphatic carbocycles. The van der Waals surface area contributed by atoms with Crippen molar-refractivity contribution in [3.05, 3.63) is 65.2 Å². The number of thiazole rings is 1. The van der Waals surface area contributed by atoms with Crippen molar-refractivity contribution < 1.29 is 35.9 Å². The maximum Gasteiger partial charge on any atom is 0.573 e. The van der Waals surface area contributed by atoms with Crippen LogP contribution in [0, 0.1) is 0 Å². The molecule has 0 bridgehead atoms. The summed E-state index contributed by atoms with van der Waals surface area (Å²) in [5.41, 5.74) is -0.254. The fraction of sp³-hybridized carbons (Fsp3) is 0.111. The number of alkyl halides is 6. The highest BCUT2D eigenvalue weighted by molar-refractivity contribution is 7.14. The van der Waals surface area contributed by atoms with Crippen LogP contribution in [-0.2, 0) is 6.18 Å². The highest BCUT2D eigenvalue weighted by Crippen LogP contribution is 2.30. The van der Waals surface area contributed by atoms with Crippen molar-refractivity contribution in [2.24, 2.45) is 0 Å². The molecule has 0 spiro atoms. The van der Waals surface area contributed by atoms with E-state index < -0.39 is 24.0 Å². The Balaban J connectivity index is 1.61. The molecule has 2 aromatic carbocycles. The van der Waals surface area contributed by atoms with Crippen molar-refractivity contribution >= 4 is 33.8 Å². The Labute approximate surface area is 169 Å². The smallest absolute Gasteiger partial charge is 0.406 e. The van der Waals surface area contributed by atoms with Gasteiger partial charge in [0.25, 0.3) is 5.91 Å². The fourth-order valence-corrected chi connectivity index (χ4v) is 2.95. The average Bonchev–Trinajstić information content (AvgIpc) is 3.10. The zero-order chi connectivity index (χ0) is 21.9. The van der Waals surface area contributed by atoms with Gasteiger partial charge in [-0.25, -0.2) is 4.98 Å². The molecule has 158 valence electrons. The van der Waals surface area contributed by atoms with Gasteiger partial charge >= 0.3 is 12.5 Å². The minimum absolute atomic E-state index is 0.0134. The molecule has 30 heavy (non-hydrogen) atoms. The summed E-state index contributed by atoms with van der Waals surface area (Å²) in [6.07, 6.45) is -9.27. The Bertz CT molecular complexity index is 1010. The molecule has 1 aromatic heterocycles. The number of nitrogens with zero attached hydrogens (tertiary/aromatic N) is 1. The van der Waals surface area contributed by atoms with Gasteiger partial charge in [-0.15, -0.1) is 24.5 Å². The topological polar surface area (TPSA) is 63.2 Å². The maximum atomic E-state index is 12.6. The number of carbonyl (C=O) groups excluding carboxylic acids is 1. The number of nitrogens with one attached hydrogen (secondary N) is 2. The van der Waals surface area contributed by atoms with Crippen LogP contribution in [0.1, 0.15) is 16.1 Å². The van der Waals surface area contributed by atoms with E-state index in [1.165, 1.54) is 17.5 Å². The number of hydrogen-bond donors (Lipinski definition) is 2. The molecule has 0 saturated carbocycles. The van der Waals surface area contributed by atoms with Gasteiger partial charge in [-0.2, -0.15) is 13.2 Å². The summed E-state index contributed by atoms with van der Waals surface area (Å²) >= 11 is 1.06. The molecule has 2 N–H and O–H groups in total. The van der Waals surface area contributed by atoms with Gasteiger partial charge in [0, 0.05) is 16.8 Å². The van der Waals surface area contributed by atoms with Gasteiger partial charge in [0.1, 0.15) is 11.4 Å². The third-order valence-electron chi connectivity index (χ3n) is 3.55. The van der Waals surface area contributed by atoms with Crippen molar-refractivity contribution in [1.29, 1.82) is 0 Å². The molecular formula is C18H11F6N3O2S. The van der Waals surface area contributed by atoms with Crippen LogP contribution in [0.3, 0.4) is 0 Å². The van der Waals surface area contributed by atoms with E-state index in [1.54, 1.807) is 0 Å². The van der Waals surface area contributed by atoms with Crippen LogP contribution >= 0.6 is 11.3 Å². The average molecular weight is 447 g/mol. The summed E-state index contributed by atoms with van der Waals surface area (Å²) in [6, 6.07) is 8.83. The van der Waals surface area contributed by atoms with E-state index in [2.05, 4.69) is 20.4 Å². The molecule has 5 nitrogen and oxygen atoms in total. The molecule has 12 heteroatoms. The Morgan fingerprint density at radius 2 is 1.50 bits per heavy atom. The largest absolute Gasteiger partial charge is 0.573 e. The number of ether oxygens (including phenoxy) is 1. The second-order valence-electron chi connectivity index (χ2n) is 5.76. The lowest BCUT2D eigenvalue weighted by molar-refractivity contribution is -0.274. The van der Waals surface area contributed by atoms with Crippen molar-refractivity contribution in [3.63, 3.8) is 0 Å². The molecule has 3 aromatic rings. The highest BCUT2D eigenvalue weighted by atomic mass is 32.1. The SMILES string of the molecule is O=C(Nc1ccc(C(F)(F)F)cc1)c1csc(Nc2ccc(OC(F)(F)F)cc2)n1. The van der Waals surface area contributed by atoms with E-state index in [4.69, 9.17) is 0 Å². The molecule has 0 atom stereocenters. The van der Waals surface area contributed by atoms with Crippen LogP contribution in [0.15, 0.2) is 53.9 Å². The van der Waals surface area contributed by atoms with Gasteiger partial charge in [-0.05, 0) is 48.5 Å². The number of benzene rings is 2. The number of amides is 1. The molecule has 0 aliphatic rings. The standard InChI is InChI=1S/C18H11F6N3O2S/c19-17(20,21)10-1-3-11(4-2-10)25-15(28)14-9-30-16(27-14)26-12-5-7-13(8-6-12)29-18(22,23)24/h1-9H,(H,25,28)(H,26,27). The normalized spacial score (nSPS) is 11.8. The van der Waals surface area contributed by atoms with E-state index in [9.17, 15) is 31.1 Å². The Morgan fingerprint density at radius 3 is 2.07 bits per heavy atom. The van der Waals surface area contributed by atoms with Gasteiger partial charge in [-0.3, -0.25) is 4.79 Å². The second kappa shape index (κ2) is 8.22. The lowest BCUT2D eigenvalue weighted by Crippen LogP contribution is -2.16. The molecule has 0 saturated heterocycles. The first-order valence-electron chi connectivity index (χ1n) is 8.06. The van der Waals surface area contributed by atoms with E-state index in [-0.39, 0.29) is 22.3 Å². The van der Waals surface area contributed by atoms with Gasteiger partial charge in [0.2, 0.25) is 0 Å². The van der Waals surface area contributed by atoms with Crippen molar-refractivity contribution in [2.75, 3.05) is 10.6 Å². The predicted octanol–water partition coefficient (Wildman–Crippen LogP) is 6.06. The first-order chi connectivity index (χ1) is 14.0. The fourth-order valence-electron chi connectivity index (χ4n) is 2.24. The van der Waals surface area contributed by atoms with E-state index >= 15 is 0 Å². The van der Waals surface area contributed by atoms with E-state index in [0.29, 0.717) is 5.69 Å². The van der Waals surface area contributed by atoms with Crippen LogP contribution < -0.4 is 15.4 Å². The van der Waals surface area contributed by atoms with Gasteiger partial charge in [0.05, 0.1) is 5.56 Å². The lowest BCUT2D eigenvalue weighted by Gasteiger charge is -2.09. The third-order valence-corrected chi connectivity index (χ3v) is 4.30. The summed E-state index contributed by atoms with van der Waals surface area (Å²) in [6.45, 7) is 0. The number of aromatic nitrogens is 1. The summed E-state index contributed by atoms with van der Waals surface area (Å²) in [7, 11) is 0. The third kappa shape index (κ3) is 5.86. The first-order valence-corrected chi connectivity index (χ1v) is 8.94. The Kier molecular flexibility index (Phi) is 5.87. The highest BCUT2D eigenvalue weighted by Gasteiger charge is 2.31. The number of carbonyl (C=O) groups is 1. The maximum absolute atomic E-state index is 12.6. The zero-order valence-corrected chi connectivity index (χ0v) is 15.5. The predicted molar refractivity (Wildman–Crippen MR) is 97.9 cm³/mol. The molecule has 0 radical (unpaired) electrons. The zero-order valence-electron chi connectivity index (χ0n) is 14.6. The lowest BCUT2D eigenvalue weighted by atomic mass is 10.2. The quantitative estimate of drug-likeness (QED) is 0.467. The summed E-state index contributed by atoms with van der Waals surface area (Å²) < 4.78 is 77.9. The van der Waals surface area contributed by atoms with Crippen molar-refractivity contribution in [3.8, 4) is 5.75 Å². The van der Waals surface area contributed by atoms with Crippen LogP contribution in [0.5, 0.6) is 5.75 Å². The minimum Gasteiger partial charge on any atom is -0.406 e. The Hall–Kier alpha value is -3.28. The summed E-state index contributed by atoms with van der Waals surface area (Å²) in [5, 5.41) is 6.96. The van der Waals surface area contributed by atoms with Gasteiger partial charge < -0.3 is 15.4 Å². The van der Waals surface area contributed by atoms with E-state index in [1.807, 2.05) is 0 Å². The molecular weight excluding hydrogens is 436 g/mol. The number of anilines is 3. The monoisotopic (exact) mass is 447 g/mol. The molecule has 1 amide bonds. The molecule has 1 heterocycles. The number of rotatable bonds is 5. The molecule has 3 rings (SSSR count). The second-order valence-corrected chi connectivity index (χ2v) is 6.62. The minimum atomic E-state index is -4.79. The molecule has 0 unspecified atom stereocenters.